The van der Waals surface area contributed by atoms with Crippen LogP contribution in [0.1, 0.15) is 72.6 Å². The Bertz CT molecular complexity index is 308. The zero-order chi connectivity index (χ0) is 15.5. The lowest BCUT2D eigenvalue weighted by atomic mass is 9.65. The van der Waals surface area contributed by atoms with E-state index in [9.17, 15) is 0 Å². The highest BCUT2D eigenvalue weighted by molar-refractivity contribution is 5.00. The van der Waals surface area contributed by atoms with Crippen LogP contribution in [0.4, 0.5) is 0 Å². The quantitative estimate of drug-likeness (QED) is 0.598. The van der Waals surface area contributed by atoms with Crippen LogP contribution in [0.5, 0.6) is 0 Å². The van der Waals surface area contributed by atoms with Gasteiger partial charge in [-0.2, -0.15) is 0 Å². The maximum atomic E-state index is 6.38. The maximum Gasteiger partial charge on any atom is 0.0853 e. The van der Waals surface area contributed by atoms with Crippen molar-refractivity contribution >= 4 is 0 Å². The predicted molar refractivity (Wildman–Crippen MR) is 88.8 cm³/mol. The van der Waals surface area contributed by atoms with Crippen LogP contribution in [0.15, 0.2) is 0 Å². The van der Waals surface area contributed by atoms with E-state index in [-0.39, 0.29) is 5.60 Å². The van der Waals surface area contributed by atoms with Crippen molar-refractivity contribution in [3.8, 4) is 0 Å². The molecule has 2 aliphatic carbocycles. The molecular weight excluding hydrogens is 260 g/mol. The monoisotopic (exact) mass is 296 g/mol. The molecule has 0 radical (unpaired) electrons. The molecule has 3 nitrogen and oxygen atoms in total. The van der Waals surface area contributed by atoms with E-state index in [4.69, 9.17) is 10.6 Å². The van der Waals surface area contributed by atoms with Crippen LogP contribution >= 0.6 is 0 Å². The molecule has 0 aliphatic heterocycles. The maximum absolute atomic E-state index is 6.38. The van der Waals surface area contributed by atoms with Gasteiger partial charge in [0.05, 0.1) is 11.6 Å². The van der Waals surface area contributed by atoms with Gasteiger partial charge in [0.1, 0.15) is 0 Å². The number of hydrazine groups is 1. The standard InChI is InChI=1S/C18H36N2O/c1-5-21-18(8-6-7-13(2)12-18)17(20-19)16-10-14(3)9-15(4)11-16/h13-17,20H,5-12,19H2,1-4H3. The molecule has 21 heavy (non-hydrogen) atoms. The molecular formula is C18H36N2O. The average Bonchev–Trinajstić information content (AvgIpc) is 2.38. The molecule has 5 atom stereocenters. The molecule has 124 valence electrons. The van der Waals surface area contributed by atoms with Crippen LogP contribution in [0.25, 0.3) is 0 Å². The molecule has 0 saturated heterocycles. The van der Waals surface area contributed by atoms with Gasteiger partial charge in [0.25, 0.3) is 0 Å². The number of hydrogen-bond acceptors (Lipinski definition) is 3. The van der Waals surface area contributed by atoms with Gasteiger partial charge in [0.15, 0.2) is 0 Å². The summed E-state index contributed by atoms with van der Waals surface area (Å²) in [5.41, 5.74) is 3.16. The summed E-state index contributed by atoms with van der Waals surface area (Å²) in [4.78, 5) is 0. The van der Waals surface area contributed by atoms with Crippen LogP contribution in [-0.2, 0) is 4.74 Å². The third-order valence-corrected chi connectivity index (χ3v) is 5.86. The fourth-order valence-corrected chi connectivity index (χ4v) is 5.33. The molecule has 2 saturated carbocycles. The van der Waals surface area contributed by atoms with Gasteiger partial charge < -0.3 is 4.74 Å². The third-order valence-electron chi connectivity index (χ3n) is 5.86. The second kappa shape index (κ2) is 7.43. The van der Waals surface area contributed by atoms with E-state index in [1.165, 1.54) is 38.5 Å². The second-order valence-electron chi connectivity index (χ2n) is 8.02. The van der Waals surface area contributed by atoms with Gasteiger partial charge in [-0.25, -0.2) is 0 Å². The molecule has 0 aromatic carbocycles. The van der Waals surface area contributed by atoms with E-state index in [1.54, 1.807) is 0 Å². The first-order valence-electron chi connectivity index (χ1n) is 9.10. The van der Waals surface area contributed by atoms with Crippen molar-refractivity contribution in [1.29, 1.82) is 0 Å². The van der Waals surface area contributed by atoms with Crippen molar-refractivity contribution < 1.29 is 4.74 Å². The zero-order valence-electron chi connectivity index (χ0n) is 14.5. The highest BCUT2D eigenvalue weighted by atomic mass is 16.5. The minimum atomic E-state index is -0.0391. The van der Waals surface area contributed by atoms with Crippen molar-refractivity contribution in [2.75, 3.05) is 6.61 Å². The fraction of sp³-hybridized carbons (Fsp3) is 1.00. The Balaban J connectivity index is 2.18. The van der Waals surface area contributed by atoms with Gasteiger partial charge in [0.2, 0.25) is 0 Å². The molecule has 2 rings (SSSR count). The lowest BCUT2D eigenvalue weighted by Gasteiger charge is -2.49. The Morgan fingerprint density at radius 2 is 1.81 bits per heavy atom. The summed E-state index contributed by atoms with van der Waals surface area (Å²) < 4.78 is 6.38. The number of nitrogens with two attached hydrogens (primary N) is 1. The van der Waals surface area contributed by atoms with Gasteiger partial charge in [-0.1, -0.05) is 33.6 Å². The molecule has 0 aromatic heterocycles. The first kappa shape index (κ1) is 17.2. The minimum absolute atomic E-state index is 0.0391. The summed E-state index contributed by atoms with van der Waals surface area (Å²) in [6.07, 6.45) is 8.89. The molecule has 2 fully saturated rings. The molecule has 3 heteroatoms. The Morgan fingerprint density at radius 3 is 2.33 bits per heavy atom. The van der Waals surface area contributed by atoms with E-state index in [1.807, 2.05) is 0 Å². The van der Waals surface area contributed by atoms with Gasteiger partial charge in [-0.15, -0.1) is 0 Å². The Morgan fingerprint density at radius 1 is 1.14 bits per heavy atom. The summed E-state index contributed by atoms with van der Waals surface area (Å²) in [5.74, 6) is 9.09. The molecule has 2 aliphatic rings. The smallest absolute Gasteiger partial charge is 0.0853 e. The van der Waals surface area contributed by atoms with Crippen molar-refractivity contribution in [2.24, 2.45) is 29.5 Å². The fourth-order valence-electron chi connectivity index (χ4n) is 5.33. The average molecular weight is 296 g/mol. The molecule has 0 spiro atoms. The first-order valence-corrected chi connectivity index (χ1v) is 9.10. The van der Waals surface area contributed by atoms with Crippen LogP contribution < -0.4 is 11.3 Å². The molecule has 3 N–H and O–H groups in total. The summed E-state index contributed by atoms with van der Waals surface area (Å²) in [6, 6.07) is 0.311. The number of ether oxygens (including phenoxy) is 1. The molecule has 0 aromatic rings. The Hall–Kier alpha value is -0.120. The predicted octanol–water partition coefficient (Wildman–Crippen LogP) is 3.88. The number of hydrogen-bond donors (Lipinski definition) is 2. The van der Waals surface area contributed by atoms with Crippen LogP contribution in [0.2, 0.25) is 0 Å². The van der Waals surface area contributed by atoms with E-state index in [0.717, 1.165) is 30.8 Å². The molecule has 0 heterocycles. The van der Waals surface area contributed by atoms with Crippen LogP contribution in [-0.4, -0.2) is 18.2 Å². The Labute approximate surface area is 131 Å². The topological polar surface area (TPSA) is 47.3 Å². The Kier molecular flexibility index (Phi) is 6.10. The lowest BCUT2D eigenvalue weighted by molar-refractivity contribution is -0.118. The summed E-state index contributed by atoms with van der Waals surface area (Å²) in [6.45, 7) is 10.1. The third kappa shape index (κ3) is 4.00. The van der Waals surface area contributed by atoms with E-state index in [0.29, 0.717) is 12.0 Å². The summed E-state index contributed by atoms with van der Waals surface area (Å²) >= 11 is 0. The van der Waals surface area contributed by atoms with Crippen molar-refractivity contribution in [3.63, 3.8) is 0 Å². The summed E-state index contributed by atoms with van der Waals surface area (Å²) in [7, 11) is 0. The normalized spacial score (nSPS) is 42.7. The highest BCUT2D eigenvalue weighted by Gasteiger charge is 2.46. The van der Waals surface area contributed by atoms with E-state index >= 15 is 0 Å². The summed E-state index contributed by atoms with van der Waals surface area (Å²) in [5, 5.41) is 0. The SMILES string of the molecule is CCOC1(C(NN)C2CC(C)CC(C)C2)CCCC(C)C1. The van der Waals surface area contributed by atoms with Crippen molar-refractivity contribution in [2.45, 2.75) is 84.3 Å². The molecule has 5 unspecified atom stereocenters. The van der Waals surface area contributed by atoms with Crippen LogP contribution in [0.3, 0.4) is 0 Å². The number of nitrogens with one attached hydrogen (secondary N) is 1. The molecule has 0 amide bonds. The van der Waals surface area contributed by atoms with Crippen LogP contribution in [0, 0.1) is 23.7 Å². The lowest BCUT2D eigenvalue weighted by Crippen LogP contribution is -2.61. The first-order chi connectivity index (χ1) is 10.0. The van der Waals surface area contributed by atoms with Crippen molar-refractivity contribution in [3.05, 3.63) is 0 Å². The minimum Gasteiger partial charge on any atom is -0.374 e. The second-order valence-corrected chi connectivity index (χ2v) is 8.02. The zero-order valence-corrected chi connectivity index (χ0v) is 14.5. The van der Waals surface area contributed by atoms with E-state index in [2.05, 4.69) is 33.1 Å². The highest BCUT2D eigenvalue weighted by Crippen LogP contribution is 2.44. The molecule has 0 bridgehead atoms. The van der Waals surface area contributed by atoms with Crippen molar-refractivity contribution in [1.82, 2.24) is 5.43 Å². The van der Waals surface area contributed by atoms with Gasteiger partial charge in [-0.05, 0) is 62.7 Å². The van der Waals surface area contributed by atoms with Gasteiger partial charge in [-0.3, -0.25) is 11.3 Å². The number of rotatable bonds is 5. The van der Waals surface area contributed by atoms with Gasteiger partial charge >= 0.3 is 0 Å². The van der Waals surface area contributed by atoms with E-state index < -0.39 is 0 Å². The van der Waals surface area contributed by atoms with Gasteiger partial charge in [0, 0.05) is 6.61 Å². The largest absolute Gasteiger partial charge is 0.374 e.